The molecule has 1 aromatic heterocycles. The van der Waals surface area contributed by atoms with Crippen LogP contribution >= 0.6 is 0 Å². The van der Waals surface area contributed by atoms with Gasteiger partial charge in [-0.1, -0.05) is 0 Å². The van der Waals surface area contributed by atoms with Crippen molar-refractivity contribution in [2.75, 3.05) is 13.1 Å². The molecule has 3 atom stereocenters. The van der Waals surface area contributed by atoms with E-state index in [1.807, 2.05) is 0 Å². The van der Waals surface area contributed by atoms with Gasteiger partial charge >= 0.3 is 28.5 Å². The summed E-state index contributed by atoms with van der Waals surface area (Å²) in [6, 6.07) is 12.5. The monoisotopic (exact) mass is 652 g/mol. The third kappa shape index (κ3) is 6.97. The first kappa shape index (κ1) is 32.0. The third-order valence-corrected chi connectivity index (χ3v) is 8.25. The van der Waals surface area contributed by atoms with Crippen LogP contribution in [-0.4, -0.2) is 60.2 Å². The summed E-state index contributed by atoms with van der Waals surface area (Å²) in [5, 5.41) is 12.3. The topological polar surface area (TPSA) is 102 Å². The Morgan fingerprint density at radius 2 is 1.49 bits per heavy atom. The van der Waals surface area contributed by atoms with Gasteiger partial charge in [-0.2, -0.15) is 0 Å². The quantitative estimate of drug-likeness (QED) is 0.255. The lowest BCUT2D eigenvalue weighted by molar-refractivity contribution is -0.274. The minimum atomic E-state index is -4.97. The van der Waals surface area contributed by atoms with Crippen molar-refractivity contribution in [1.29, 1.82) is 0 Å². The largest absolute Gasteiger partial charge is 0.573 e. The van der Waals surface area contributed by atoms with E-state index in [1.165, 1.54) is 41.3 Å². The Kier molecular flexibility index (Phi) is 8.17. The number of halogens is 5. The van der Waals surface area contributed by atoms with E-state index < -0.39 is 68.4 Å². The van der Waals surface area contributed by atoms with Gasteiger partial charge in [0.25, 0.3) is 0 Å². The number of alkyl halides is 3. The zero-order chi connectivity index (χ0) is 32.9. The van der Waals surface area contributed by atoms with Gasteiger partial charge in [-0.25, -0.2) is 13.6 Å². The van der Waals surface area contributed by atoms with Crippen molar-refractivity contribution in [3.63, 3.8) is 0 Å². The van der Waals surface area contributed by atoms with Crippen LogP contribution in [0.25, 0.3) is 26.1 Å². The van der Waals surface area contributed by atoms with E-state index in [0.717, 1.165) is 24.3 Å². The van der Waals surface area contributed by atoms with Crippen molar-refractivity contribution in [3.8, 4) is 11.8 Å². The number of amides is 1. The van der Waals surface area contributed by atoms with Gasteiger partial charge in [-0.05, 0) is 81.4 Å². The van der Waals surface area contributed by atoms with Crippen LogP contribution in [0.5, 0.6) is 5.75 Å². The first-order chi connectivity index (χ1) is 20.9. The number of carbonyl (C=O) groups excluding carboxylic acids is 1. The minimum Gasteiger partial charge on any atom is -0.444 e. The molecule has 9 nitrogen and oxygen atoms in total. The molecule has 5 rings (SSSR count). The molecule has 0 radical (unpaired) electrons. The van der Waals surface area contributed by atoms with Crippen LogP contribution < -0.4 is 4.74 Å². The fraction of sp³-hybridized carbons (Fsp3) is 0.333. The number of carbonyl (C=O) groups is 1. The number of rotatable bonds is 3. The van der Waals surface area contributed by atoms with Gasteiger partial charge in [-0.3, -0.25) is 0 Å². The average molecular weight is 653 g/mol. The Balaban J connectivity index is 1.56. The number of hydrogen-bond acceptors (Lipinski definition) is 6. The van der Waals surface area contributed by atoms with E-state index in [2.05, 4.69) is 15.1 Å². The number of benzene rings is 3. The highest BCUT2D eigenvalue weighted by molar-refractivity contribution is 7.93. The van der Waals surface area contributed by atoms with E-state index in [1.54, 1.807) is 25.3 Å². The number of piperidine rings is 1. The average Bonchev–Trinajstić information content (AvgIpc) is 3.23. The predicted molar refractivity (Wildman–Crippen MR) is 153 cm³/mol. The van der Waals surface area contributed by atoms with Crippen LogP contribution in [0.15, 0.2) is 65.6 Å². The number of ether oxygens (including phenoxy) is 2. The maximum atomic E-state index is 14.3. The van der Waals surface area contributed by atoms with E-state index >= 15 is 0 Å². The summed E-state index contributed by atoms with van der Waals surface area (Å²) in [6.45, 7) is 4.57. The Morgan fingerprint density at radius 3 is 2.00 bits per heavy atom. The van der Waals surface area contributed by atoms with Crippen LogP contribution in [0.4, 0.5) is 26.7 Å². The molecule has 15 heteroatoms. The number of hydrogen-bond donors (Lipinski definition) is 1. The molecule has 1 unspecified atom stereocenters. The number of aliphatic hydroxyl groups excluding tert-OH is 1. The van der Waals surface area contributed by atoms with Gasteiger partial charge in [0, 0.05) is 34.9 Å². The first-order valence-electron chi connectivity index (χ1n) is 13.5. The second kappa shape index (κ2) is 11.5. The number of fused-ring (bicyclic) bond motifs is 3. The number of aliphatic hydroxyl groups is 1. The van der Waals surface area contributed by atoms with Crippen LogP contribution in [0, 0.1) is 23.6 Å². The van der Waals surface area contributed by atoms with Crippen LogP contribution in [0.2, 0.25) is 0 Å². The molecule has 2 heterocycles. The van der Waals surface area contributed by atoms with Crippen LogP contribution in [0.1, 0.15) is 26.8 Å². The number of aromatic nitrogens is 1. The van der Waals surface area contributed by atoms with E-state index in [0.29, 0.717) is 21.8 Å². The Morgan fingerprint density at radius 1 is 0.933 bits per heavy atom. The minimum absolute atomic E-state index is 0.130. The maximum Gasteiger partial charge on any atom is 0.573 e. The molecule has 0 saturated carbocycles. The Labute approximate surface area is 254 Å². The zero-order valence-corrected chi connectivity index (χ0v) is 24.9. The van der Waals surface area contributed by atoms with Gasteiger partial charge in [0.2, 0.25) is 0 Å². The fourth-order valence-corrected chi connectivity index (χ4v) is 6.07. The molecular weight excluding hydrogens is 625 g/mol. The molecular formula is C30H27F5N3O6S+. The molecule has 0 aliphatic carbocycles. The van der Waals surface area contributed by atoms with Gasteiger partial charge in [0.1, 0.15) is 28.9 Å². The van der Waals surface area contributed by atoms with Crippen molar-refractivity contribution in [1.82, 2.24) is 9.47 Å². The molecule has 1 aliphatic rings. The summed E-state index contributed by atoms with van der Waals surface area (Å²) >= 11 is 0. The summed E-state index contributed by atoms with van der Waals surface area (Å²) in [5.41, 5.74) is -0.0727. The lowest BCUT2D eigenvalue weighted by Crippen LogP contribution is -2.52. The smallest absolute Gasteiger partial charge is 0.444 e. The molecule has 1 N–H and O–H groups in total. The molecule has 1 amide bonds. The molecule has 1 aliphatic heterocycles. The van der Waals surface area contributed by atoms with Gasteiger partial charge in [0.05, 0.1) is 16.4 Å². The molecule has 0 spiro atoms. The first-order valence-corrected chi connectivity index (χ1v) is 15.0. The highest BCUT2D eigenvalue weighted by Gasteiger charge is 2.43. The van der Waals surface area contributed by atoms with Gasteiger partial charge < -0.3 is 24.0 Å². The SMILES string of the molecule is CC(C)(C)OC(=O)N1CC(C#[N+]S(=O)(=O)c2ccc(OC(F)(F)F)cc2)[C@H](O)[C@@H](n2c3ccc(F)cc3c3cc(F)ccc32)C1. The highest BCUT2D eigenvalue weighted by Crippen LogP contribution is 2.38. The lowest BCUT2D eigenvalue weighted by atomic mass is 9.91. The predicted octanol–water partition coefficient (Wildman–Crippen LogP) is 6.46. The maximum absolute atomic E-state index is 14.3. The molecule has 1 fully saturated rings. The van der Waals surface area contributed by atoms with Gasteiger partial charge in [-0.15, -0.1) is 21.6 Å². The zero-order valence-electron chi connectivity index (χ0n) is 24.0. The van der Waals surface area contributed by atoms with Gasteiger partial charge in [0.15, 0.2) is 4.90 Å². The summed E-state index contributed by atoms with van der Waals surface area (Å²) in [7, 11) is -4.52. The molecule has 0 bridgehead atoms. The van der Waals surface area contributed by atoms with E-state index in [4.69, 9.17) is 4.74 Å². The number of sulfonamides is 1. The fourth-order valence-electron chi connectivity index (χ4n) is 5.21. The van der Waals surface area contributed by atoms with Crippen molar-refractivity contribution in [3.05, 3.63) is 76.5 Å². The number of nitrogens with zero attached hydrogens (tertiary/aromatic N) is 3. The van der Waals surface area contributed by atoms with Crippen LogP contribution in [0.3, 0.4) is 0 Å². The third-order valence-electron chi connectivity index (χ3n) is 7.03. The van der Waals surface area contributed by atoms with Crippen molar-refractivity contribution >= 4 is 37.9 Å². The summed E-state index contributed by atoms with van der Waals surface area (Å²) in [5.74, 6) is -3.01. The molecule has 45 heavy (non-hydrogen) atoms. The summed E-state index contributed by atoms with van der Waals surface area (Å²) in [6.07, 6.45) is -7.16. The molecule has 238 valence electrons. The number of likely N-dealkylation sites (tertiary alicyclic amines) is 1. The molecule has 1 saturated heterocycles. The molecule has 3 aromatic carbocycles. The standard InChI is InChI=1S/C30H27F5N3O6S/c1-29(2,3)44-28(40)37-15-17(14-36-45(41,42)21-8-6-20(7-9-21)43-30(33,34)35)27(39)26(16-37)38-24-10-4-18(31)12-22(24)23-13-19(32)5-11-25(23)38/h4-13,17,26-27,39H,15-16H2,1-3H3/q+1/t17?,26-,27-/m0/s1. The second-order valence-electron chi connectivity index (χ2n) is 11.5. The summed E-state index contributed by atoms with van der Waals surface area (Å²) < 4.78 is 106. The van der Waals surface area contributed by atoms with Crippen molar-refractivity contribution in [2.45, 2.75) is 49.8 Å². The second-order valence-corrected chi connectivity index (χ2v) is 13.1. The van der Waals surface area contributed by atoms with Crippen molar-refractivity contribution in [2.24, 2.45) is 5.92 Å². The summed E-state index contributed by atoms with van der Waals surface area (Å²) in [4.78, 5) is 14.0. The van der Waals surface area contributed by atoms with Crippen LogP contribution in [-0.2, 0) is 14.8 Å². The van der Waals surface area contributed by atoms with E-state index in [9.17, 15) is 40.3 Å². The van der Waals surface area contributed by atoms with E-state index in [-0.39, 0.29) is 13.1 Å². The Hall–Kier alpha value is -4.42. The molecule has 4 aromatic rings. The lowest BCUT2D eigenvalue weighted by Gasteiger charge is -2.39. The Bertz CT molecular complexity index is 1880. The highest BCUT2D eigenvalue weighted by atomic mass is 32.2. The van der Waals surface area contributed by atoms with Crippen molar-refractivity contribution < 1.29 is 49.7 Å². The normalized spacial score (nSPS) is 19.3.